The molecule has 0 aliphatic carbocycles. The highest BCUT2D eigenvalue weighted by Gasteiger charge is 2.29. The van der Waals surface area contributed by atoms with Crippen molar-refractivity contribution < 1.29 is 9.53 Å². The number of nitrogens with zero attached hydrogens (tertiary/aromatic N) is 2. The Bertz CT molecular complexity index is 640. The Morgan fingerprint density at radius 2 is 1.59 bits per heavy atom. The van der Waals surface area contributed by atoms with E-state index < -0.39 is 0 Å². The number of piperidine rings is 1. The van der Waals surface area contributed by atoms with Crippen LogP contribution in [-0.4, -0.2) is 55.1 Å². The number of carbonyl (C=O) groups excluding carboxylic acids is 1. The second-order valence-corrected chi connectivity index (χ2v) is 9.33. The lowest BCUT2D eigenvalue weighted by molar-refractivity contribution is -0.141. The second kappa shape index (κ2) is 8.32. The number of carbonyl (C=O) groups is 1. The van der Waals surface area contributed by atoms with Gasteiger partial charge in [0.25, 0.3) is 0 Å². The van der Waals surface area contributed by atoms with Crippen LogP contribution in [0.25, 0.3) is 0 Å². The quantitative estimate of drug-likeness (QED) is 0.811. The van der Waals surface area contributed by atoms with Crippen LogP contribution >= 0.6 is 0 Å². The lowest BCUT2D eigenvalue weighted by atomic mass is 9.83. The van der Waals surface area contributed by atoms with E-state index in [1.54, 1.807) is 0 Å². The Hall–Kier alpha value is -1.39. The fourth-order valence-corrected chi connectivity index (χ4v) is 4.28. The standard InChI is InChI=1S/C23H36N2O2/c1-17-14-20(23(3,4)5)15-18(2)21(17)16-24-8-6-19(7-9-24)22(26)25-10-12-27-13-11-25/h14-15,19H,6-13,16H2,1-5H3. The van der Waals surface area contributed by atoms with Gasteiger partial charge >= 0.3 is 0 Å². The van der Waals surface area contributed by atoms with Crippen LogP contribution in [0.2, 0.25) is 0 Å². The fraction of sp³-hybridized carbons (Fsp3) is 0.696. The zero-order valence-electron chi connectivity index (χ0n) is 17.8. The number of likely N-dealkylation sites (tertiary alicyclic amines) is 1. The van der Waals surface area contributed by atoms with Crippen LogP contribution in [0.5, 0.6) is 0 Å². The van der Waals surface area contributed by atoms with E-state index in [1.807, 2.05) is 4.90 Å². The van der Waals surface area contributed by atoms with Crippen LogP contribution in [0.3, 0.4) is 0 Å². The van der Waals surface area contributed by atoms with E-state index in [0.29, 0.717) is 19.1 Å². The maximum absolute atomic E-state index is 12.7. The van der Waals surface area contributed by atoms with Crippen molar-refractivity contribution in [3.05, 3.63) is 34.4 Å². The van der Waals surface area contributed by atoms with Gasteiger partial charge in [0, 0.05) is 25.6 Å². The number of benzene rings is 1. The van der Waals surface area contributed by atoms with Crippen molar-refractivity contribution >= 4 is 5.91 Å². The summed E-state index contributed by atoms with van der Waals surface area (Å²) in [6.07, 6.45) is 1.96. The molecule has 4 heteroatoms. The predicted molar refractivity (Wildman–Crippen MR) is 110 cm³/mol. The zero-order valence-corrected chi connectivity index (χ0v) is 17.8. The van der Waals surface area contributed by atoms with Crippen LogP contribution in [0, 0.1) is 19.8 Å². The van der Waals surface area contributed by atoms with Crippen molar-refractivity contribution in [1.29, 1.82) is 0 Å². The maximum atomic E-state index is 12.7. The van der Waals surface area contributed by atoms with Gasteiger partial charge in [-0.2, -0.15) is 0 Å². The van der Waals surface area contributed by atoms with Crippen LogP contribution in [-0.2, 0) is 21.5 Å². The Morgan fingerprint density at radius 3 is 2.11 bits per heavy atom. The van der Waals surface area contributed by atoms with Gasteiger partial charge in [0.05, 0.1) is 13.2 Å². The monoisotopic (exact) mass is 372 g/mol. The van der Waals surface area contributed by atoms with Gasteiger partial charge in [0.2, 0.25) is 5.91 Å². The van der Waals surface area contributed by atoms with Crippen LogP contribution in [0.1, 0.15) is 55.9 Å². The highest BCUT2D eigenvalue weighted by Crippen LogP contribution is 2.29. The highest BCUT2D eigenvalue weighted by molar-refractivity contribution is 5.79. The maximum Gasteiger partial charge on any atom is 0.225 e. The first-order valence-electron chi connectivity index (χ1n) is 10.4. The van der Waals surface area contributed by atoms with Crippen molar-refractivity contribution in [2.24, 2.45) is 5.92 Å². The van der Waals surface area contributed by atoms with Gasteiger partial charge < -0.3 is 9.64 Å². The smallest absolute Gasteiger partial charge is 0.225 e. The molecule has 150 valence electrons. The molecule has 27 heavy (non-hydrogen) atoms. The molecule has 2 saturated heterocycles. The number of aryl methyl sites for hydroxylation is 2. The summed E-state index contributed by atoms with van der Waals surface area (Å²) < 4.78 is 5.37. The van der Waals surface area contributed by atoms with E-state index in [1.165, 1.54) is 22.3 Å². The number of hydrogen-bond donors (Lipinski definition) is 0. The summed E-state index contributed by atoms with van der Waals surface area (Å²) in [5, 5.41) is 0. The van der Waals surface area contributed by atoms with Gasteiger partial charge in [-0.25, -0.2) is 0 Å². The molecule has 0 aromatic heterocycles. The first-order valence-corrected chi connectivity index (χ1v) is 10.4. The van der Waals surface area contributed by atoms with Gasteiger partial charge in [-0.3, -0.25) is 9.69 Å². The molecule has 1 aromatic carbocycles. The minimum atomic E-state index is 0.187. The minimum absolute atomic E-state index is 0.187. The average Bonchev–Trinajstić information content (AvgIpc) is 2.64. The third-order valence-electron chi connectivity index (χ3n) is 6.20. The summed E-state index contributed by atoms with van der Waals surface area (Å²) in [5.74, 6) is 0.546. The number of hydrogen-bond acceptors (Lipinski definition) is 3. The van der Waals surface area contributed by atoms with Crippen LogP contribution in [0.15, 0.2) is 12.1 Å². The number of morpholine rings is 1. The van der Waals surface area contributed by atoms with E-state index in [2.05, 4.69) is 51.7 Å². The molecule has 2 heterocycles. The SMILES string of the molecule is Cc1cc(C(C)(C)C)cc(C)c1CN1CCC(C(=O)N2CCOCC2)CC1. The molecule has 0 bridgehead atoms. The van der Waals surface area contributed by atoms with Crippen molar-refractivity contribution in [2.45, 2.75) is 59.4 Å². The predicted octanol–water partition coefficient (Wildman–Crippen LogP) is 3.67. The van der Waals surface area contributed by atoms with E-state index in [4.69, 9.17) is 4.74 Å². The lowest BCUT2D eigenvalue weighted by Crippen LogP contribution is -2.46. The first-order chi connectivity index (χ1) is 12.8. The summed E-state index contributed by atoms with van der Waals surface area (Å²) in [6, 6.07) is 4.72. The molecule has 1 amide bonds. The number of rotatable bonds is 3. The summed E-state index contributed by atoms with van der Waals surface area (Å²) in [4.78, 5) is 17.2. The Balaban J connectivity index is 1.58. The summed E-state index contributed by atoms with van der Waals surface area (Å²) >= 11 is 0. The summed E-state index contributed by atoms with van der Waals surface area (Å²) in [7, 11) is 0. The Morgan fingerprint density at radius 1 is 1.04 bits per heavy atom. The average molecular weight is 373 g/mol. The molecule has 2 aliphatic rings. The summed E-state index contributed by atoms with van der Waals surface area (Å²) in [6.45, 7) is 17.2. The summed E-state index contributed by atoms with van der Waals surface area (Å²) in [5.41, 5.74) is 5.85. The van der Waals surface area contributed by atoms with E-state index in [0.717, 1.165) is 45.6 Å². The Kier molecular flexibility index (Phi) is 6.27. The molecule has 0 radical (unpaired) electrons. The molecule has 0 unspecified atom stereocenters. The van der Waals surface area contributed by atoms with Crippen LogP contribution < -0.4 is 0 Å². The molecule has 2 aliphatic heterocycles. The van der Waals surface area contributed by atoms with Crippen molar-refractivity contribution in [1.82, 2.24) is 9.80 Å². The van der Waals surface area contributed by atoms with Crippen molar-refractivity contribution in [3.8, 4) is 0 Å². The van der Waals surface area contributed by atoms with Crippen molar-refractivity contribution in [3.63, 3.8) is 0 Å². The van der Waals surface area contributed by atoms with Gasteiger partial charge in [-0.15, -0.1) is 0 Å². The van der Waals surface area contributed by atoms with Crippen molar-refractivity contribution in [2.75, 3.05) is 39.4 Å². The number of ether oxygens (including phenoxy) is 1. The molecule has 0 saturated carbocycles. The number of amides is 1. The third-order valence-corrected chi connectivity index (χ3v) is 6.20. The molecule has 2 fully saturated rings. The van der Waals surface area contributed by atoms with Gasteiger partial charge in [-0.05, 0) is 67.4 Å². The molecule has 0 spiro atoms. The Labute approximate surface area is 164 Å². The molecular formula is C23H36N2O2. The second-order valence-electron chi connectivity index (χ2n) is 9.33. The lowest BCUT2D eigenvalue weighted by Gasteiger charge is -2.36. The zero-order chi connectivity index (χ0) is 19.6. The minimum Gasteiger partial charge on any atom is -0.378 e. The van der Waals surface area contributed by atoms with E-state index in [9.17, 15) is 4.79 Å². The molecule has 0 N–H and O–H groups in total. The van der Waals surface area contributed by atoms with E-state index in [-0.39, 0.29) is 11.3 Å². The molecule has 4 nitrogen and oxygen atoms in total. The van der Waals surface area contributed by atoms with Crippen LogP contribution in [0.4, 0.5) is 0 Å². The fourth-order valence-electron chi connectivity index (χ4n) is 4.28. The third kappa shape index (κ3) is 4.91. The van der Waals surface area contributed by atoms with E-state index >= 15 is 0 Å². The molecular weight excluding hydrogens is 336 g/mol. The van der Waals surface area contributed by atoms with Gasteiger partial charge in [-0.1, -0.05) is 32.9 Å². The first kappa shape index (κ1) is 20.3. The highest BCUT2D eigenvalue weighted by atomic mass is 16.5. The largest absolute Gasteiger partial charge is 0.378 e. The normalized spacial score (nSPS) is 20.1. The van der Waals surface area contributed by atoms with Gasteiger partial charge in [0.15, 0.2) is 0 Å². The molecule has 1 aromatic rings. The molecule has 3 rings (SSSR count). The molecule has 0 atom stereocenters. The topological polar surface area (TPSA) is 32.8 Å². The van der Waals surface area contributed by atoms with Gasteiger partial charge in [0.1, 0.15) is 0 Å².